The average molecular weight is 367 g/mol. The Kier molecular flexibility index (Phi) is 6.46. The van der Waals surface area contributed by atoms with Gasteiger partial charge in [0.05, 0.1) is 22.2 Å². The molecule has 2 aromatic rings. The van der Waals surface area contributed by atoms with Gasteiger partial charge in [-0.1, -0.05) is 47.5 Å². The van der Waals surface area contributed by atoms with Crippen LogP contribution in [0.1, 0.15) is 5.56 Å². The molecule has 0 aliphatic heterocycles. The van der Waals surface area contributed by atoms with Crippen LogP contribution in [0.4, 0.5) is 11.4 Å². The molecule has 0 spiro atoms. The van der Waals surface area contributed by atoms with Gasteiger partial charge >= 0.3 is 5.97 Å². The molecule has 2 N–H and O–H groups in total. The number of hydrogen-bond donors (Lipinski definition) is 2. The molecular formula is C17H16Cl2N2O3. The number of hydrogen-bond acceptors (Lipinski definition) is 4. The molecule has 0 unspecified atom stereocenters. The molecule has 0 saturated heterocycles. The van der Waals surface area contributed by atoms with Crippen LogP contribution in [0.2, 0.25) is 10.0 Å². The number of ether oxygens (including phenoxy) is 1. The number of nitrogens with one attached hydrogen (secondary N) is 2. The van der Waals surface area contributed by atoms with Gasteiger partial charge in [0.15, 0.2) is 6.61 Å². The number of halogens is 2. The van der Waals surface area contributed by atoms with E-state index < -0.39 is 5.97 Å². The van der Waals surface area contributed by atoms with Crippen LogP contribution in [0.5, 0.6) is 0 Å². The number of amides is 1. The van der Waals surface area contributed by atoms with E-state index in [9.17, 15) is 9.59 Å². The molecule has 0 radical (unpaired) electrons. The lowest BCUT2D eigenvalue weighted by molar-refractivity contribution is -0.147. The fourth-order valence-corrected chi connectivity index (χ4v) is 2.46. The Hall–Kier alpha value is -2.24. The van der Waals surface area contributed by atoms with E-state index in [4.69, 9.17) is 27.9 Å². The highest BCUT2D eigenvalue weighted by Gasteiger charge is 2.12. The summed E-state index contributed by atoms with van der Waals surface area (Å²) in [6.45, 7) is -0.304. The van der Waals surface area contributed by atoms with Gasteiger partial charge in [0.2, 0.25) is 0 Å². The summed E-state index contributed by atoms with van der Waals surface area (Å²) in [5, 5.41) is 6.47. The van der Waals surface area contributed by atoms with Crippen molar-refractivity contribution in [2.45, 2.75) is 6.42 Å². The zero-order chi connectivity index (χ0) is 17.5. The predicted octanol–water partition coefficient (Wildman–Crippen LogP) is 3.57. The van der Waals surface area contributed by atoms with Gasteiger partial charge in [-0.15, -0.1) is 0 Å². The van der Waals surface area contributed by atoms with Crippen LogP contribution in [-0.4, -0.2) is 25.5 Å². The van der Waals surface area contributed by atoms with Crippen LogP contribution in [0.3, 0.4) is 0 Å². The Morgan fingerprint density at radius 3 is 2.38 bits per heavy atom. The maximum atomic E-state index is 11.9. The molecule has 0 bridgehead atoms. The Morgan fingerprint density at radius 2 is 1.71 bits per heavy atom. The summed E-state index contributed by atoms with van der Waals surface area (Å²) >= 11 is 12.3. The van der Waals surface area contributed by atoms with Crippen LogP contribution in [0.15, 0.2) is 42.5 Å². The third kappa shape index (κ3) is 4.88. The van der Waals surface area contributed by atoms with Crippen molar-refractivity contribution in [1.29, 1.82) is 0 Å². The zero-order valence-electron chi connectivity index (χ0n) is 12.9. The standard InChI is InChI=1S/C17H16Cl2N2O3/c1-20-15(22)10-24-16(23)9-11-5-2-3-8-14(11)21-17-12(18)6-4-7-13(17)19/h2-8,21H,9-10H2,1H3,(H,20,22). The van der Waals surface area contributed by atoms with Crippen LogP contribution in [0, 0.1) is 0 Å². The van der Waals surface area contributed by atoms with Crippen molar-refractivity contribution in [3.63, 3.8) is 0 Å². The molecule has 1 amide bonds. The maximum absolute atomic E-state index is 11.9. The summed E-state index contributed by atoms with van der Waals surface area (Å²) in [5.41, 5.74) is 1.95. The molecule has 7 heteroatoms. The molecule has 0 aliphatic carbocycles. The number of carbonyl (C=O) groups is 2. The van der Waals surface area contributed by atoms with E-state index in [0.29, 0.717) is 27.0 Å². The lowest BCUT2D eigenvalue weighted by Crippen LogP contribution is -2.25. The molecule has 126 valence electrons. The van der Waals surface area contributed by atoms with Gasteiger partial charge in [0, 0.05) is 12.7 Å². The second kappa shape index (κ2) is 8.57. The highest BCUT2D eigenvalue weighted by Crippen LogP contribution is 2.33. The Morgan fingerprint density at radius 1 is 1.04 bits per heavy atom. The summed E-state index contributed by atoms with van der Waals surface area (Å²) < 4.78 is 4.92. The highest BCUT2D eigenvalue weighted by molar-refractivity contribution is 6.39. The molecule has 5 nitrogen and oxygen atoms in total. The van der Waals surface area contributed by atoms with E-state index in [0.717, 1.165) is 0 Å². The fourth-order valence-electron chi connectivity index (χ4n) is 1.97. The monoisotopic (exact) mass is 366 g/mol. The van der Waals surface area contributed by atoms with Crippen molar-refractivity contribution in [1.82, 2.24) is 5.32 Å². The number of anilines is 2. The molecule has 0 atom stereocenters. The summed E-state index contributed by atoms with van der Waals surface area (Å²) in [6.07, 6.45) is 0.0161. The Bertz CT molecular complexity index is 730. The minimum atomic E-state index is -0.502. The van der Waals surface area contributed by atoms with Crippen molar-refractivity contribution in [3.8, 4) is 0 Å². The molecule has 2 rings (SSSR count). The highest BCUT2D eigenvalue weighted by atomic mass is 35.5. The molecule has 0 aromatic heterocycles. The number of para-hydroxylation sites is 2. The van der Waals surface area contributed by atoms with Gasteiger partial charge in [-0.2, -0.15) is 0 Å². The van der Waals surface area contributed by atoms with Gasteiger partial charge in [0.1, 0.15) is 0 Å². The van der Waals surface area contributed by atoms with Crippen LogP contribution in [0.25, 0.3) is 0 Å². The summed E-state index contributed by atoms with van der Waals surface area (Å²) in [5.74, 6) is -0.865. The normalized spacial score (nSPS) is 10.1. The van der Waals surface area contributed by atoms with Gasteiger partial charge in [-0.05, 0) is 23.8 Å². The lowest BCUT2D eigenvalue weighted by atomic mass is 10.1. The topological polar surface area (TPSA) is 67.4 Å². The number of esters is 1. The number of benzene rings is 2. The number of likely N-dealkylation sites (N-methyl/N-ethyl adjacent to an activating group) is 1. The van der Waals surface area contributed by atoms with Crippen molar-refractivity contribution < 1.29 is 14.3 Å². The van der Waals surface area contributed by atoms with Crippen LogP contribution >= 0.6 is 23.2 Å². The molecule has 0 fully saturated rings. The average Bonchev–Trinajstić information content (AvgIpc) is 2.57. The second-order valence-electron chi connectivity index (χ2n) is 4.89. The molecular weight excluding hydrogens is 351 g/mol. The third-order valence-electron chi connectivity index (χ3n) is 3.22. The molecule has 2 aromatic carbocycles. The smallest absolute Gasteiger partial charge is 0.310 e. The fraction of sp³-hybridized carbons (Fsp3) is 0.176. The van der Waals surface area contributed by atoms with Crippen LogP contribution < -0.4 is 10.6 Å². The maximum Gasteiger partial charge on any atom is 0.310 e. The minimum absolute atomic E-state index is 0.0161. The quantitative estimate of drug-likeness (QED) is 0.766. The lowest BCUT2D eigenvalue weighted by Gasteiger charge is -2.14. The first-order chi connectivity index (χ1) is 11.5. The van der Waals surface area contributed by atoms with Crippen molar-refractivity contribution in [3.05, 3.63) is 58.1 Å². The first kappa shape index (κ1) is 18.1. The first-order valence-corrected chi connectivity index (χ1v) is 7.92. The third-order valence-corrected chi connectivity index (χ3v) is 3.85. The van der Waals surface area contributed by atoms with Gasteiger partial charge in [-0.25, -0.2) is 0 Å². The van der Waals surface area contributed by atoms with E-state index in [1.54, 1.807) is 36.4 Å². The first-order valence-electron chi connectivity index (χ1n) is 7.16. The number of rotatable bonds is 6. The van der Waals surface area contributed by atoms with Gasteiger partial charge < -0.3 is 15.4 Å². The Balaban J connectivity index is 2.13. The largest absolute Gasteiger partial charge is 0.455 e. The van der Waals surface area contributed by atoms with E-state index in [1.165, 1.54) is 7.05 Å². The Labute approximate surface area is 149 Å². The van der Waals surface area contributed by atoms with Gasteiger partial charge in [0.25, 0.3) is 5.91 Å². The van der Waals surface area contributed by atoms with E-state index in [-0.39, 0.29) is 18.9 Å². The van der Waals surface area contributed by atoms with E-state index in [1.807, 2.05) is 6.07 Å². The van der Waals surface area contributed by atoms with E-state index in [2.05, 4.69) is 10.6 Å². The van der Waals surface area contributed by atoms with Crippen molar-refractivity contribution in [2.24, 2.45) is 0 Å². The number of carbonyl (C=O) groups excluding carboxylic acids is 2. The van der Waals surface area contributed by atoms with Crippen molar-refractivity contribution in [2.75, 3.05) is 19.0 Å². The predicted molar refractivity (Wildman–Crippen MR) is 94.9 cm³/mol. The van der Waals surface area contributed by atoms with Gasteiger partial charge in [-0.3, -0.25) is 9.59 Å². The summed E-state index contributed by atoms with van der Waals surface area (Å²) in [6, 6.07) is 12.4. The van der Waals surface area contributed by atoms with Crippen LogP contribution in [-0.2, 0) is 20.7 Å². The second-order valence-corrected chi connectivity index (χ2v) is 5.70. The van der Waals surface area contributed by atoms with Crippen molar-refractivity contribution >= 4 is 46.5 Å². The minimum Gasteiger partial charge on any atom is -0.455 e. The zero-order valence-corrected chi connectivity index (χ0v) is 14.4. The van der Waals surface area contributed by atoms with E-state index >= 15 is 0 Å². The molecule has 0 aliphatic rings. The molecule has 24 heavy (non-hydrogen) atoms. The molecule has 0 heterocycles. The summed E-state index contributed by atoms with van der Waals surface area (Å²) in [7, 11) is 1.47. The SMILES string of the molecule is CNC(=O)COC(=O)Cc1ccccc1Nc1c(Cl)cccc1Cl. The molecule has 0 saturated carbocycles. The summed E-state index contributed by atoms with van der Waals surface area (Å²) in [4.78, 5) is 23.0.